The van der Waals surface area contributed by atoms with Gasteiger partial charge in [-0.25, -0.2) is 0 Å². The molecule has 0 N–H and O–H groups in total. The zero-order valence-corrected chi connectivity index (χ0v) is 8.47. The normalized spacial score (nSPS) is 37.4. The van der Waals surface area contributed by atoms with E-state index in [0.717, 1.165) is 0 Å². The molecule has 3 aliphatic rings. The molecule has 0 amide bonds. The summed E-state index contributed by atoms with van der Waals surface area (Å²) in [5.41, 5.74) is 1.32. The molecule has 3 rings (SSSR count). The van der Waals surface area contributed by atoms with Crippen LogP contribution in [0.3, 0.4) is 0 Å². The Morgan fingerprint density at radius 3 is 2.00 bits per heavy atom. The van der Waals surface area contributed by atoms with Gasteiger partial charge in [0.2, 0.25) is 0 Å². The molecule has 2 heterocycles. The van der Waals surface area contributed by atoms with Gasteiger partial charge in [0.25, 0.3) is 0 Å². The highest BCUT2D eigenvalue weighted by Crippen LogP contribution is 2.43. The highest BCUT2D eigenvalue weighted by Gasteiger charge is 2.44. The van der Waals surface area contributed by atoms with Crippen LogP contribution in [0.25, 0.3) is 0 Å². The quantitative estimate of drug-likeness (QED) is 0.546. The van der Waals surface area contributed by atoms with E-state index in [1.807, 2.05) is 13.8 Å². The molecule has 1 aliphatic carbocycles. The molecule has 0 spiro atoms. The first-order valence-corrected chi connectivity index (χ1v) is 5.10. The maximum atomic E-state index is 5.59. The van der Waals surface area contributed by atoms with Gasteiger partial charge in [-0.1, -0.05) is 26.0 Å². The van der Waals surface area contributed by atoms with Crippen LogP contribution >= 0.6 is 0 Å². The Hall–Kier alpha value is -0.300. The summed E-state index contributed by atoms with van der Waals surface area (Å²) in [6.45, 7) is 10.1. The molecule has 2 saturated heterocycles. The van der Waals surface area contributed by atoms with E-state index >= 15 is 0 Å². The molecule has 1 saturated carbocycles. The van der Waals surface area contributed by atoms with Crippen LogP contribution in [0.2, 0.25) is 0 Å². The summed E-state index contributed by atoms with van der Waals surface area (Å²) in [7, 11) is 0. The molecule has 2 unspecified atom stereocenters. The van der Waals surface area contributed by atoms with Crippen molar-refractivity contribution in [2.45, 2.75) is 52.2 Å². The number of fused-ring (bicyclic) bond motifs is 2. The Morgan fingerprint density at radius 2 is 1.75 bits per heavy atom. The Morgan fingerprint density at radius 1 is 1.25 bits per heavy atom. The fourth-order valence-electron chi connectivity index (χ4n) is 2.19. The van der Waals surface area contributed by atoms with E-state index in [1.165, 1.54) is 24.8 Å². The van der Waals surface area contributed by atoms with Crippen molar-refractivity contribution >= 4 is 0 Å². The summed E-state index contributed by atoms with van der Waals surface area (Å²) in [5.74, 6) is 0.703. The van der Waals surface area contributed by atoms with Crippen LogP contribution < -0.4 is 0 Å². The van der Waals surface area contributed by atoms with Crippen LogP contribution in [0.1, 0.15) is 40.0 Å². The smallest absolute Gasteiger partial charge is 0.0669 e. The third-order valence-corrected chi connectivity index (χ3v) is 2.70. The Bertz CT molecular complexity index is 148. The summed E-state index contributed by atoms with van der Waals surface area (Å²) < 4.78 is 5.59. The van der Waals surface area contributed by atoms with Gasteiger partial charge < -0.3 is 4.74 Å². The van der Waals surface area contributed by atoms with Crippen LogP contribution in [0.15, 0.2) is 12.2 Å². The third kappa shape index (κ3) is 1.56. The van der Waals surface area contributed by atoms with Gasteiger partial charge in [-0.3, -0.25) is 0 Å². The Labute approximate surface area is 75.8 Å². The number of hydrogen-bond donors (Lipinski definition) is 0. The second-order valence-electron chi connectivity index (χ2n) is 3.52. The lowest BCUT2D eigenvalue weighted by Gasteiger charge is -2.49. The van der Waals surface area contributed by atoms with Crippen molar-refractivity contribution in [1.29, 1.82) is 0 Å². The minimum Gasteiger partial charge on any atom is -0.374 e. The predicted octanol–water partition coefficient (Wildman–Crippen LogP) is 3.16. The van der Waals surface area contributed by atoms with Crippen molar-refractivity contribution in [2.75, 3.05) is 0 Å². The van der Waals surface area contributed by atoms with Gasteiger partial charge in [0, 0.05) is 5.92 Å². The van der Waals surface area contributed by atoms with Crippen molar-refractivity contribution < 1.29 is 4.74 Å². The highest BCUT2D eigenvalue weighted by molar-refractivity contribution is 5.10. The van der Waals surface area contributed by atoms with E-state index in [0.29, 0.717) is 18.1 Å². The van der Waals surface area contributed by atoms with Crippen LogP contribution in [-0.4, -0.2) is 12.2 Å². The van der Waals surface area contributed by atoms with Crippen molar-refractivity contribution in [3.8, 4) is 0 Å². The predicted molar refractivity (Wildman–Crippen MR) is 52.2 cm³/mol. The third-order valence-electron chi connectivity index (χ3n) is 2.70. The molecular formula is C11H20O. The summed E-state index contributed by atoms with van der Waals surface area (Å²) in [6, 6.07) is 0. The lowest BCUT2D eigenvalue weighted by Crippen LogP contribution is -2.52. The molecule has 0 radical (unpaired) electrons. The van der Waals surface area contributed by atoms with Crippen LogP contribution in [0.4, 0.5) is 0 Å². The average Bonchev–Trinajstić information content (AvgIpc) is 2.08. The molecule has 0 aromatic carbocycles. The second-order valence-corrected chi connectivity index (χ2v) is 3.52. The number of ether oxygens (including phenoxy) is 1. The fourth-order valence-corrected chi connectivity index (χ4v) is 2.19. The standard InChI is InChI=1S/C9H14O.C2H6/c1-6(2)9-7-4-3-5-8(9)10-7;1-2/h7-9H,1,3-5H2,2H3;1-2H3. The lowest BCUT2D eigenvalue weighted by molar-refractivity contribution is -0.197. The number of hydrogen-bond acceptors (Lipinski definition) is 1. The highest BCUT2D eigenvalue weighted by atomic mass is 16.5. The van der Waals surface area contributed by atoms with Crippen LogP contribution in [0.5, 0.6) is 0 Å². The zero-order chi connectivity index (χ0) is 9.14. The van der Waals surface area contributed by atoms with Crippen LogP contribution in [0, 0.1) is 5.92 Å². The largest absolute Gasteiger partial charge is 0.374 e. The van der Waals surface area contributed by atoms with Crippen molar-refractivity contribution in [3.63, 3.8) is 0 Å². The maximum absolute atomic E-state index is 5.59. The Balaban J connectivity index is 0.000000336. The molecule has 1 heteroatoms. The van der Waals surface area contributed by atoms with Gasteiger partial charge in [0.05, 0.1) is 12.2 Å². The molecule has 70 valence electrons. The second kappa shape index (κ2) is 4.08. The molecule has 2 bridgehead atoms. The van der Waals surface area contributed by atoms with Crippen molar-refractivity contribution in [3.05, 3.63) is 12.2 Å². The molecule has 0 aromatic heterocycles. The molecule has 2 atom stereocenters. The van der Waals surface area contributed by atoms with Crippen LogP contribution in [-0.2, 0) is 4.74 Å². The lowest BCUT2D eigenvalue weighted by atomic mass is 9.75. The van der Waals surface area contributed by atoms with Crippen molar-refractivity contribution in [2.24, 2.45) is 5.92 Å². The first-order valence-electron chi connectivity index (χ1n) is 5.10. The molecular weight excluding hydrogens is 148 g/mol. The molecule has 0 aromatic rings. The zero-order valence-electron chi connectivity index (χ0n) is 8.47. The fraction of sp³-hybridized carbons (Fsp3) is 0.818. The topological polar surface area (TPSA) is 9.23 Å². The van der Waals surface area contributed by atoms with E-state index in [-0.39, 0.29) is 0 Å². The van der Waals surface area contributed by atoms with Gasteiger partial charge in [0.1, 0.15) is 0 Å². The average molecular weight is 168 g/mol. The Kier molecular flexibility index (Phi) is 3.33. The molecule has 12 heavy (non-hydrogen) atoms. The maximum Gasteiger partial charge on any atom is 0.0669 e. The molecule has 1 nitrogen and oxygen atoms in total. The van der Waals surface area contributed by atoms with E-state index in [2.05, 4.69) is 13.5 Å². The van der Waals surface area contributed by atoms with Gasteiger partial charge >= 0.3 is 0 Å². The molecule has 2 aliphatic heterocycles. The van der Waals surface area contributed by atoms with Gasteiger partial charge in [-0.05, 0) is 26.2 Å². The minimum atomic E-state index is 0.538. The summed E-state index contributed by atoms with van der Waals surface area (Å²) in [5, 5.41) is 0. The first-order chi connectivity index (χ1) is 5.79. The molecule has 3 fully saturated rings. The van der Waals surface area contributed by atoms with E-state index in [9.17, 15) is 0 Å². The summed E-state index contributed by atoms with van der Waals surface area (Å²) in [4.78, 5) is 0. The van der Waals surface area contributed by atoms with E-state index < -0.39 is 0 Å². The minimum absolute atomic E-state index is 0.538. The first kappa shape index (κ1) is 9.79. The van der Waals surface area contributed by atoms with Gasteiger partial charge in [0.15, 0.2) is 0 Å². The summed E-state index contributed by atoms with van der Waals surface area (Å²) >= 11 is 0. The SMILES string of the molecule is C=C(C)C1C2CCCC1O2.CC. The van der Waals surface area contributed by atoms with Gasteiger partial charge in [-0.2, -0.15) is 0 Å². The van der Waals surface area contributed by atoms with Gasteiger partial charge in [-0.15, -0.1) is 0 Å². The number of rotatable bonds is 1. The summed E-state index contributed by atoms with van der Waals surface area (Å²) in [6.07, 6.45) is 4.95. The van der Waals surface area contributed by atoms with Crippen molar-refractivity contribution in [1.82, 2.24) is 0 Å². The van der Waals surface area contributed by atoms with E-state index in [1.54, 1.807) is 0 Å². The monoisotopic (exact) mass is 168 g/mol. The van der Waals surface area contributed by atoms with E-state index in [4.69, 9.17) is 4.74 Å².